The van der Waals surface area contributed by atoms with Crippen molar-refractivity contribution in [3.63, 3.8) is 0 Å². The first-order valence-corrected chi connectivity index (χ1v) is 11.7. The lowest BCUT2D eigenvalue weighted by molar-refractivity contribution is -0.394. The van der Waals surface area contributed by atoms with Crippen LogP contribution in [-0.2, 0) is 10.0 Å². The van der Waals surface area contributed by atoms with Crippen LogP contribution in [0.25, 0.3) is 0 Å². The number of amides is 1. The Labute approximate surface area is 211 Å². The van der Waals surface area contributed by atoms with E-state index in [0.29, 0.717) is 11.8 Å². The third-order valence-corrected chi connectivity index (χ3v) is 5.71. The molecule has 0 bridgehead atoms. The number of primary sulfonamides is 1. The molecule has 0 aliphatic carbocycles. The number of alkyl halides is 3. The summed E-state index contributed by atoms with van der Waals surface area (Å²) in [6.45, 7) is 0. The number of hydrogen-bond acceptors (Lipinski definition) is 8. The van der Waals surface area contributed by atoms with Gasteiger partial charge < -0.3 is 16.0 Å². The van der Waals surface area contributed by atoms with E-state index in [0.717, 1.165) is 12.1 Å². The van der Waals surface area contributed by atoms with E-state index in [9.17, 15) is 33.4 Å². The molecule has 182 valence electrons. The van der Waals surface area contributed by atoms with Crippen molar-refractivity contribution in [3.05, 3.63) is 68.3 Å². The van der Waals surface area contributed by atoms with Crippen LogP contribution in [-0.4, -0.2) is 39.2 Å². The van der Waals surface area contributed by atoms with Crippen LogP contribution < -0.4 is 21.1 Å². The third kappa shape index (κ3) is 7.61. The van der Waals surface area contributed by atoms with E-state index in [1.807, 2.05) is 0 Å². The Morgan fingerprint density at radius 2 is 1.50 bits per heavy atom. The molecule has 2 rings (SSSR count). The van der Waals surface area contributed by atoms with Crippen LogP contribution in [0, 0.1) is 20.2 Å². The number of nitro groups is 2. The zero-order valence-corrected chi connectivity index (χ0v) is 20.3. The van der Waals surface area contributed by atoms with Crippen LogP contribution in [0.5, 0.6) is 0 Å². The van der Waals surface area contributed by atoms with Crippen molar-refractivity contribution in [1.82, 2.24) is 10.6 Å². The number of carbonyl (C=O) groups excluding carboxylic acids is 1. The Balaban J connectivity index is 2.21. The highest BCUT2D eigenvalue weighted by Gasteiger charge is 2.35. The number of nitro benzene ring substituents is 2. The van der Waals surface area contributed by atoms with Crippen LogP contribution in [0.15, 0.2) is 47.4 Å². The van der Waals surface area contributed by atoms with Gasteiger partial charge in [0, 0.05) is 17.8 Å². The maximum atomic E-state index is 12.6. The maximum absolute atomic E-state index is 12.6. The molecular formula is C16H13Cl3N6O7S2. The fourth-order valence-electron chi connectivity index (χ4n) is 2.38. The van der Waals surface area contributed by atoms with Gasteiger partial charge in [0.1, 0.15) is 6.17 Å². The molecule has 0 aliphatic heterocycles. The highest BCUT2D eigenvalue weighted by atomic mass is 35.6. The minimum atomic E-state index is -3.90. The number of rotatable bonds is 7. The van der Waals surface area contributed by atoms with Gasteiger partial charge in [-0.3, -0.25) is 25.0 Å². The molecule has 0 aromatic heterocycles. The Morgan fingerprint density at radius 1 is 1.00 bits per heavy atom. The molecule has 2 aromatic carbocycles. The number of sulfonamides is 1. The van der Waals surface area contributed by atoms with E-state index >= 15 is 0 Å². The number of halogens is 3. The van der Waals surface area contributed by atoms with Crippen molar-refractivity contribution in [2.45, 2.75) is 14.9 Å². The topological polar surface area (TPSA) is 200 Å². The van der Waals surface area contributed by atoms with Gasteiger partial charge in [-0.25, -0.2) is 13.6 Å². The summed E-state index contributed by atoms with van der Waals surface area (Å²) in [5.74, 6) is -1.05. The molecule has 13 nitrogen and oxygen atoms in total. The van der Waals surface area contributed by atoms with Crippen molar-refractivity contribution >= 4 is 85.1 Å². The van der Waals surface area contributed by atoms with Gasteiger partial charge in [-0.2, -0.15) is 0 Å². The lowest BCUT2D eigenvalue weighted by Crippen LogP contribution is -2.56. The van der Waals surface area contributed by atoms with Gasteiger partial charge >= 0.3 is 0 Å². The van der Waals surface area contributed by atoms with Crippen LogP contribution in [0.3, 0.4) is 0 Å². The molecule has 1 atom stereocenters. The molecule has 0 fully saturated rings. The number of non-ortho nitro benzene ring substituents is 2. The van der Waals surface area contributed by atoms with Crippen molar-refractivity contribution < 1.29 is 23.1 Å². The van der Waals surface area contributed by atoms with Crippen LogP contribution in [0.4, 0.5) is 17.1 Å². The predicted octanol–water partition coefficient (Wildman–Crippen LogP) is 2.56. The maximum Gasteiger partial charge on any atom is 0.277 e. The monoisotopic (exact) mass is 570 g/mol. The number of benzene rings is 2. The second-order valence-corrected chi connectivity index (χ2v) is 10.7. The summed E-state index contributed by atoms with van der Waals surface area (Å²) in [5.41, 5.74) is -1.52. The molecule has 0 saturated heterocycles. The summed E-state index contributed by atoms with van der Waals surface area (Å²) >= 11 is 22.7. The number of nitrogens with zero attached hydrogens (tertiary/aromatic N) is 2. The summed E-state index contributed by atoms with van der Waals surface area (Å²) in [6.07, 6.45) is -1.51. The summed E-state index contributed by atoms with van der Waals surface area (Å²) in [5, 5.41) is 34.3. The first-order chi connectivity index (χ1) is 15.6. The van der Waals surface area contributed by atoms with E-state index < -0.39 is 52.7 Å². The second-order valence-electron chi connectivity index (χ2n) is 6.37. The van der Waals surface area contributed by atoms with E-state index in [2.05, 4.69) is 16.0 Å². The van der Waals surface area contributed by atoms with Gasteiger partial charge in [0.2, 0.25) is 13.8 Å². The summed E-state index contributed by atoms with van der Waals surface area (Å²) in [4.78, 5) is 32.7. The molecule has 34 heavy (non-hydrogen) atoms. The van der Waals surface area contributed by atoms with Gasteiger partial charge in [0.05, 0.1) is 26.4 Å². The van der Waals surface area contributed by atoms with Crippen molar-refractivity contribution in [2.75, 3.05) is 5.32 Å². The summed E-state index contributed by atoms with van der Waals surface area (Å²) in [7, 11) is -3.90. The number of anilines is 1. The van der Waals surface area contributed by atoms with Gasteiger partial charge in [-0.1, -0.05) is 34.8 Å². The zero-order chi connectivity index (χ0) is 25.8. The highest BCUT2D eigenvalue weighted by molar-refractivity contribution is 7.89. The lowest BCUT2D eigenvalue weighted by atomic mass is 10.1. The molecule has 2 aromatic rings. The summed E-state index contributed by atoms with van der Waals surface area (Å²) < 4.78 is 20.4. The molecule has 0 saturated carbocycles. The molecular weight excluding hydrogens is 559 g/mol. The fraction of sp³-hybridized carbons (Fsp3) is 0.125. The highest BCUT2D eigenvalue weighted by Crippen LogP contribution is 2.30. The van der Waals surface area contributed by atoms with Gasteiger partial charge in [0.25, 0.3) is 17.3 Å². The minimum Gasteiger partial charge on any atom is -0.339 e. The number of carbonyl (C=O) groups is 1. The lowest BCUT2D eigenvalue weighted by Gasteiger charge is -2.27. The molecule has 0 radical (unpaired) electrons. The molecule has 0 spiro atoms. The Kier molecular flexibility index (Phi) is 8.57. The quantitative estimate of drug-likeness (QED) is 0.126. The number of nitrogens with two attached hydrogens (primary N) is 1. The number of thiocarbonyl (C=S) groups is 1. The molecule has 0 aliphatic rings. The van der Waals surface area contributed by atoms with E-state index in [-0.39, 0.29) is 10.0 Å². The molecule has 0 unspecified atom stereocenters. The van der Waals surface area contributed by atoms with Crippen molar-refractivity contribution in [3.8, 4) is 0 Å². The normalized spacial score (nSPS) is 12.4. The smallest absolute Gasteiger partial charge is 0.277 e. The second kappa shape index (κ2) is 10.6. The van der Waals surface area contributed by atoms with Gasteiger partial charge in [0.15, 0.2) is 5.11 Å². The molecule has 1 amide bonds. The van der Waals surface area contributed by atoms with E-state index in [1.165, 1.54) is 24.3 Å². The van der Waals surface area contributed by atoms with Crippen LogP contribution in [0.1, 0.15) is 10.4 Å². The molecule has 0 heterocycles. The zero-order valence-electron chi connectivity index (χ0n) is 16.4. The average Bonchev–Trinajstić information content (AvgIpc) is 2.71. The first-order valence-electron chi connectivity index (χ1n) is 8.60. The van der Waals surface area contributed by atoms with E-state index in [1.54, 1.807) is 0 Å². The van der Waals surface area contributed by atoms with Crippen LogP contribution in [0.2, 0.25) is 0 Å². The standard InChI is InChI=1S/C16H13Cl3N6O7S2/c17-16(18,19)14(23-15(33)21-9-1-3-12(4-2-9)34(20,31)32)22-13(26)8-5-10(24(27)28)7-11(6-8)25(29)30/h1-7,14H,(H,22,26)(H2,20,31,32)(H2,21,23,33)/t14-/m1/s1. The first kappa shape index (κ1) is 27.4. The third-order valence-electron chi connectivity index (χ3n) is 3.91. The number of hydrogen-bond donors (Lipinski definition) is 4. The minimum absolute atomic E-state index is 0.144. The molecule has 18 heteroatoms. The van der Waals surface area contributed by atoms with Crippen LogP contribution >= 0.6 is 47.0 Å². The van der Waals surface area contributed by atoms with Gasteiger partial charge in [-0.05, 0) is 36.5 Å². The largest absolute Gasteiger partial charge is 0.339 e. The van der Waals surface area contributed by atoms with Crippen molar-refractivity contribution in [1.29, 1.82) is 0 Å². The van der Waals surface area contributed by atoms with Gasteiger partial charge in [-0.15, -0.1) is 0 Å². The SMILES string of the molecule is NS(=O)(=O)c1ccc(NC(=S)N[C@@H](NC(=O)c2cc([N+](=O)[O-])cc([N+](=O)[O-])c2)C(Cl)(Cl)Cl)cc1. The number of nitrogens with one attached hydrogen (secondary N) is 3. The summed E-state index contributed by atoms with van der Waals surface area (Å²) in [6, 6.07) is 7.41. The molecule has 5 N–H and O–H groups in total. The van der Waals surface area contributed by atoms with E-state index in [4.69, 9.17) is 52.2 Å². The Morgan fingerprint density at radius 3 is 1.91 bits per heavy atom. The average molecular weight is 572 g/mol. The fourth-order valence-corrected chi connectivity index (χ4v) is 3.46. The predicted molar refractivity (Wildman–Crippen MR) is 128 cm³/mol. The van der Waals surface area contributed by atoms with Crippen molar-refractivity contribution in [2.24, 2.45) is 5.14 Å². The Hall–Kier alpha value is -2.82. The Bertz CT molecular complexity index is 1220.